The third kappa shape index (κ3) is 4.76. The van der Waals surface area contributed by atoms with E-state index in [1.54, 1.807) is 12.1 Å². The molecule has 20 heavy (non-hydrogen) atoms. The summed E-state index contributed by atoms with van der Waals surface area (Å²) in [5.41, 5.74) is 0.655. The van der Waals surface area contributed by atoms with Crippen molar-refractivity contribution >= 4 is 14.6 Å². The smallest absolute Gasteiger partial charge is 0.192 e. The van der Waals surface area contributed by atoms with Crippen LogP contribution in [-0.2, 0) is 4.43 Å². The molecule has 0 radical (unpaired) electrons. The van der Waals surface area contributed by atoms with Crippen LogP contribution in [0, 0.1) is 0 Å². The number of carbonyl (C=O) groups excluding carboxylic acids is 1. The van der Waals surface area contributed by atoms with E-state index < -0.39 is 8.32 Å². The molecular formula is C16H26O3Si. The van der Waals surface area contributed by atoms with E-state index >= 15 is 0 Å². The molecule has 0 unspecified atom stereocenters. The molecule has 112 valence electrons. The Hall–Kier alpha value is -1.13. The number of rotatable bonds is 6. The predicted molar refractivity (Wildman–Crippen MR) is 85.1 cm³/mol. The zero-order chi connectivity index (χ0) is 15.4. The van der Waals surface area contributed by atoms with E-state index in [0.29, 0.717) is 12.2 Å². The van der Waals surface area contributed by atoms with Crippen LogP contribution in [0.25, 0.3) is 0 Å². The molecule has 0 fully saturated rings. The van der Waals surface area contributed by atoms with E-state index in [9.17, 15) is 4.79 Å². The van der Waals surface area contributed by atoms with Gasteiger partial charge < -0.3 is 9.16 Å². The Morgan fingerprint density at radius 3 is 2.20 bits per heavy atom. The van der Waals surface area contributed by atoms with Crippen LogP contribution in [0.5, 0.6) is 5.75 Å². The largest absolute Gasteiger partial charge is 0.488 e. The number of carbonyl (C=O) groups is 1. The monoisotopic (exact) mass is 294 g/mol. The highest BCUT2D eigenvalue weighted by atomic mass is 28.4. The quantitative estimate of drug-likeness (QED) is 0.580. The fraction of sp³-hybridized carbons (Fsp3) is 0.562. The number of benzene rings is 1. The van der Waals surface area contributed by atoms with Gasteiger partial charge in [-0.3, -0.25) is 4.79 Å². The van der Waals surface area contributed by atoms with Gasteiger partial charge in [0.2, 0.25) is 0 Å². The van der Waals surface area contributed by atoms with Crippen molar-refractivity contribution in [2.24, 2.45) is 0 Å². The summed E-state index contributed by atoms with van der Waals surface area (Å²) >= 11 is 0. The molecular weight excluding hydrogens is 268 g/mol. The van der Waals surface area contributed by atoms with Crippen LogP contribution in [0.15, 0.2) is 24.3 Å². The van der Waals surface area contributed by atoms with Crippen LogP contribution in [0.3, 0.4) is 0 Å². The van der Waals surface area contributed by atoms with Gasteiger partial charge in [0, 0.05) is 5.56 Å². The Balaban J connectivity index is 2.51. The van der Waals surface area contributed by atoms with E-state index in [0.717, 1.165) is 12.0 Å². The van der Waals surface area contributed by atoms with Gasteiger partial charge in [0.05, 0.1) is 6.61 Å². The SMILES string of the molecule is C[C@@H](CO[Si](C)(C)C(C)(C)C)Oc1ccc(C=O)cc1. The maximum atomic E-state index is 10.6. The van der Waals surface area contributed by atoms with Gasteiger partial charge in [-0.25, -0.2) is 0 Å². The summed E-state index contributed by atoms with van der Waals surface area (Å²) in [7, 11) is -1.73. The topological polar surface area (TPSA) is 35.5 Å². The minimum absolute atomic E-state index is 0.00814. The van der Waals surface area contributed by atoms with Gasteiger partial charge in [0.25, 0.3) is 0 Å². The number of hydrogen-bond donors (Lipinski definition) is 0. The van der Waals surface area contributed by atoms with Gasteiger partial charge in [-0.2, -0.15) is 0 Å². The van der Waals surface area contributed by atoms with Crippen LogP contribution in [0.2, 0.25) is 18.1 Å². The zero-order valence-corrected chi connectivity index (χ0v) is 14.4. The zero-order valence-electron chi connectivity index (χ0n) is 13.4. The molecule has 1 aromatic carbocycles. The fourth-order valence-corrected chi connectivity index (χ4v) is 2.52. The lowest BCUT2D eigenvalue weighted by Gasteiger charge is -2.36. The van der Waals surface area contributed by atoms with Gasteiger partial charge in [0.1, 0.15) is 18.1 Å². The van der Waals surface area contributed by atoms with Gasteiger partial charge in [-0.05, 0) is 49.3 Å². The van der Waals surface area contributed by atoms with E-state index in [-0.39, 0.29) is 11.1 Å². The van der Waals surface area contributed by atoms with E-state index in [1.807, 2.05) is 19.1 Å². The Morgan fingerprint density at radius 2 is 1.75 bits per heavy atom. The first-order valence-electron chi connectivity index (χ1n) is 7.01. The lowest BCUT2D eigenvalue weighted by molar-refractivity contribution is 0.112. The summed E-state index contributed by atoms with van der Waals surface area (Å²) in [5.74, 6) is 0.766. The molecule has 0 bridgehead atoms. The molecule has 1 aromatic rings. The summed E-state index contributed by atoms with van der Waals surface area (Å²) in [4.78, 5) is 10.6. The van der Waals surface area contributed by atoms with Gasteiger partial charge in [0.15, 0.2) is 8.32 Å². The molecule has 0 spiro atoms. The second-order valence-corrected chi connectivity index (χ2v) is 11.5. The van der Waals surface area contributed by atoms with E-state index in [2.05, 4.69) is 33.9 Å². The van der Waals surface area contributed by atoms with Gasteiger partial charge in [-0.1, -0.05) is 20.8 Å². The second-order valence-electron chi connectivity index (χ2n) is 6.69. The summed E-state index contributed by atoms with van der Waals surface area (Å²) in [6.07, 6.45) is 0.819. The van der Waals surface area contributed by atoms with Crippen molar-refractivity contribution < 1.29 is 14.0 Å². The number of ether oxygens (including phenoxy) is 1. The summed E-state index contributed by atoms with van der Waals surface area (Å²) in [5, 5.41) is 0.207. The minimum atomic E-state index is -1.73. The molecule has 1 atom stereocenters. The fourth-order valence-electron chi connectivity index (χ4n) is 1.43. The Morgan fingerprint density at radius 1 is 1.20 bits per heavy atom. The van der Waals surface area contributed by atoms with Crippen molar-refractivity contribution in [1.82, 2.24) is 0 Å². The maximum absolute atomic E-state index is 10.6. The highest BCUT2D eigenvalue weighted by Gasteiger charge is 2.37. The van der Waals surface area contributed by atoms with Crippen molar-refractivity contribution in [2.75, 3.05) is 6.61 Å². The third-order valence-electron chi connectivity index (χ3n) is 3.84. The van der Waals surface area contributed by atoms with Crippen LogP contribution in [0.1, 0.15) is 38.1 Å². The Kier molecular flexibility index (Phi) is 5.54. The van der Waals surface area contributed by atoms with Crippen molar-refractivity contribution in [3.05, 3.63) is 29.8 Å². The maximum Gasteiger partial charge on any atom is 0.192 e. The number of hydrogen-bond acceptors (Lipinski definition) is 3. The Labute approximate surface area is 123 Å². The first kappa shape index (κ1) is 16.9. The molecule has 3 nitrogen and oxygen atoms in total. The summed E-state index contributed by atoms with van der Waals surface area (Å²) in [6.45, 7) is 13.7. The minimum Gasteiger partial charge on any atom is -0.488 e. The molecule has 0 saturated heterocycles. The molecule has 0 aliphatic heterocycles. The molecule has 0 aromatic heterocycles. The average molecular weight is 294 g/mol. The molecule has 1 rings (SSSR count). The third-order valence-corrected chi connectivity index (χ3v) is 8.34. The van der Waals surface area contributed by atoms with Crippen molar-refractivity contribution in [2.45, 2.75) is 51.9 Å². The highest BCUT2D eigenvalue weighted by molar-refractivity contribution is 6.74. The van der Waals surface area contributed by atoms with Crippen molar-refractivity contribution in [1.29, 1.82) is 0 Å². The van der Waals surface area contributed by atoms with Crippen molar-refractivity contribution in [3.8, 4) is 5.75 Å². The normalized spacial score (nSPS) is 13.9. The van der Waals surface area contributed by atoms with Crippen LogP contribution in [0.4, 0.5) is 0 Å². The first-order chi connectivity index (χ1) is 9.15. The molecule has 0 heterocycles. The first-order valence-corrected chi connectivity index (χ1v) is 9.92. The van der Waals surface area contributed by atoms with Crippen LogP contribution < -0.4 is 4.74 Å². The lowest BCUT2D eigenvalue weighted by Crippen LogP contribution is -2.43. The molecule has 0 aliphatic carbocycles. The molecule has 0 saturated carbocycles. The average Bonchev–Trinajstić information content (AvgIpc) is 2.36. The Bertz CT molecular complexity index is 432. The van der Waals surface area contributed by atoms with Gasteiger partial charge >= 0.3 is 0 Å². The molecule has 4 heteroatoms. The molecule has 0 amide bonds. The van der Waals surface area contributed by atoms with E-state index in [4.69, 9.17) is 9.16 Å². The highest BCUT2D eigenvalue weighted by Crippen LogP contribution is 2.36. The van der Waals surface area contributed by atoms with Crippen LogP contribution in [-0.4, -0.2) is 27.3 Å². The molecule has 0 N–H and O–H groups in total. The summed E-state index contributed by atoms with van der Waals surface area (Å²) < 4.78 is 11.9. The molecule has 0 aliphatic rings. The van der Waals surface area contributed by atoms with Gasteiger partial charge in [-0.15, -0.1) is 0 Å². The summed E-state index contributed by atoms with van der Waals surface area (Å²) in [6, 6.07) is 7.13. The lowest BCUT2D eigenvalue weighted by atomic mass is 10.2. The second kappa shape index (κ2) is 6.55. The predicted octanol–water partition coefficient (Wildman–Crippen LogP) is 4.29. The van der Waals surface area contributed by atoms with Crippen LogP contribution >= 0.6 is 0 Å². The van der Waals surface area contributed by atoms with Crippen molar-refractivity contribution in [3.63, 3.8) is 0 Å². The number of aldehydes is 1. The standard InChI is InChI=1S/C16H26O3Si/c1-13(12-18-20(5,6)16(2,3)4)19-15-9-7-14(11-17)8-10-15/h7-11,13H,12H2,1-6H3/t13-/m0/s1. The van der Waals surface area contributed by atoms with E-state index in [1.165, 1.54) is 0 Å².